The number of anilines is 1. The molecule has 1 aliphatic heterocycles. The van der Waals surface area contributed by atoms with Crippen LogP contribution in [0.3, 0.4) is 0 Å². The molecule has 0 radical (unpaired) electrons. The molecule has 2 heterocycles. The maximum absolute atomic E-state index is 5.46. The standard InChI is InChI=1S/C13H13BrN2O/c14-11-12(10-6-2-1-3-7-10)15-17-13(11)16-8-4-5-9-16/h1-3,6-7H,4-5,8-9H2. The molecule has 88 valence electrons. The van der Waals surface area contributed by atoms with Crippen molar-refractivity contribution in [1.29, 1.82) is 0 Å². The first-order valence-corrected chi connectivity index (χ1v) is 6.61. The first-order valence-electron chi connectivity index (χ1n) is 5.82. The van der Waals surface area contributed by atoms with Gasteiger partial charge in [0.05, 0.1) is 0 Å². The van der Waals surface area contributed by atoms with Gasteiger partial charge >= 0.3 is 0 Å². The van der Waals surface area contributed by atoms with Crippen molar-refractivity contribution in [2.24, 2.45) is 0 Å². The van der Waals surface area contributed by atoms with E-state index < -0.39 is 0 Å². The van der Waals surface area contributed by atoms with Gasteiger partial charge in [0.15, 0.2) is 0 Å². The first kappa shape index (κ1) is 10.8. The normalized spacial score (nSPS) is 15.5. The van der Waals surface area contributed by atoms with Gasteiger partial charge < -0.3 is 9.42 Å². The summed E-state index contributed by atoms with van der Waals surface area (Å²) >= 11 is 3.60. The van der Waals surface area contributed by atoms with Gasteiger partial charge in [0.1, 0.15) is 10.2 Å². The SMILES string of the molecule is Brc1c(-c2ccccc2)noc1N1CCCC1. The van der Waals surface area contributed by atoms with E-state index in [1.165, 1.54) is 12.8 Å². The van der Waals surface area contributed by atoms with Crippen LogP contribution < -0.4 is 4.90 Å². The van der Waals surface area contributed by atoms with E-state index in [1.54, 1.807) is 0 Å². The summed E-state index contributed by atoms with van der Waals surface area (Å²) in [4.78, 5) is 2.24. The van der Waals surface area contributed by atoms with E-state index in [0.29, 0.717) is 0 Å². The van der Waals surface area contributed by atoms with Crippen LogP contribution in [0.25, 0.3) is 11.3 Å². The molecule has 0 spiro atoms. The fraction of sp³-hybridized carbons (Fsp3) is 0.308. The number of rotatable bonds is 2. The Kier molecular flexibility index (Phi) is 2.89. The summed E-state index contributed by atoms with van der Waals surface area (Å²) in [5.41, 5.74) is 1.96. The minimum absolute atomic E-state index is 0.862. The van der Waals surface area contributed by atoms with E-state index in [4.69, 9.17) is 4.52 Å². The largest absolute Gasteiger partial charge is 0.340 e. The summed E-state index contributed by atoms with van der Waals surface area (Å²) < 4.78 is 6.43. The molecular formula is C13H13BrN2O. The highest BCUT2D eigenvalue weighted by Gasteiger charge is 2.22. The van der Waals surface area contributed by atoms with Crippen LogP contribution in [-0.4, -0.2) is 18.2 Å². The topological polar surface area (TPSA) is 29.3 Å². The van der Waals surface area contributed by atoms with Crippen LogP contribution in [0.5, 0.6) is 0 Å². The van der Waals surface area contributed by atoms with Crippen molar-refractivity contribution in [1.82, 2.24) is 5.16 Å². The molecule has 1 aromatic heterocycles. The van der Waals surface area contributed by atoms with E-state index in [1.807, 2.05) is 30.3 Å². The highest BCUT2D eigenvalue weighted by molar-refractivity contribution is 9.10. The molecule has 1 aromatic carbocycles. The quantitative estimate of drug-likeness (QED) is 0.845. The third kappa shape index (κ3) is 1.97. The molecule has 4 heteroatoms. The summed E-state index contributed by atoms with van der Waals surface area (Å²) in [6.07, 6.45) is 2.46. The number of halogens is 1. The number of hydrogen-bond donors (Lipinski definition) is 0. The number of benzene rings is 1. The molecular weight excluding hydrogens is 280 g/mol. The lowest BCUT2D eigenvalue weighted by atomic mass is 10.1. The maximum Gasteiger partial charge on any atom is 0.242 e. The minimum Gasteiger partial charge on any atom is -0.340 e. The van der Waals surface area contributed by atoms with Crippen LogP contribution in [0.15, 0.2) is 39.3 Å². The van der Waals surface area contributed by atoms with Gasteiger partial charge in [-0.05, 0) is 28.8 Å². The molecule has 0 unspecified atom stereocenters. The first-order chi connectivity index (χ1) is 8.36. The second-order valence-corrected chi connectivity index (χ2v) is 5.00. The molecule has 0 bridgehead atoms. The summed E-state index contributed by atoms with van der Waals surface area (Å²) in [5.74, 6) is 0.862. The van der Waals surface area contributed by atoms with E-state index in [0.717, 1.165) is 34.7 Å². The zero-order valence-electron chi connectivity index (χ0n) is 9.40. The monoisotopic (exact) mass is 292 g/mol. The lowest BCUT2D eigenvalue weighted by molar-refractivity contribution is 0.422. The van der Waals surface area contributed by atoms with Crippen LogP contribution in [0.4, 0.5) is 5.88 Å². The maximum atomic E-state index is 5.46. The Labute approximate surface area is 109 Å². The molecule has 3 rings (SSSR count). The molecule has 0 atom stereocenters. The Balaban J connectivity index is 1.97. The lowest BCUT2D eigenvalue weighted by Gasteiger charge is -2.12. The van der Waals surface area contributed by atoms with Gasteiger partial charge in [0.25, 0.3) is 0 Å². The zero-order valence-corrected chi connectivity index (χ0v) is 11.0. The predicted octanol–water partition coefficient (Wildman–Crippen LogP) is 3.70. The Morgan fingerprint density at radius 3 is 2.53 bits per heavy atom. The molecule has 17 heavy (non-hydrogen) atoms. The Morgan fingerprint density at radius 2 is 1.82 bits per heavy atom. The average Bonchev–Trinajstić information content (AvgIpc) is 2.99. The van der Waals surface area contributed by atoms with Gasteiger partial charge in [-0.15, -0.1) is 0 Å². The van der Waals surface area contributed by atoms with Gasteiger partial charge in [-0.1, -0.05) is 35.5 Å². The van der Waals surface area contributed by atoms with Crippen molar-refractivity contribution in [3.63, 3.8) is 0 Å². The van der Waals surface area contributed by atoms with Crippen molar-refractivity contribution in [2.75, 3.05) is 18.0 Å². The summed E-state index contributed by atoms with van der Waals surface area (Å²) in [7, 11) is 0. The van der Waals surface area contributed by atoms with Gasteiger partial charge in [-0.3, -0.25) is 0 Å². The zero-order chi connectivity index (χ0) is 11.7. The summed E-state index contributed by atoms with van der Waals surface area (Å²) in [5, 5.41) is 4.17. The van der Waals surface area contributed by atoms with E-state index in [9.17, 15) is 0 Å². The van der Waals surface area contributed by atoms with Crippen LogP contribution in [-0.2, 0) is 0 Å². The highest BCUT2D eigenvalue weighted by Crippen LogP contribution is 2.36. The second-order valence-electron chi connectivity index (χ2n) is 4.21. The fourth-order valence-electron chi connectivity index (χ4n) is 2.16. The Hall–Kier alpha value is -1.29. The molecule has 0 N–H and O–H groups in total. The number of hydrogen-bond acceptors (Lipinski definition) is 3. The Bertz CT molecular complexity index is 503. The third-order valence-electron chi connectivity index (χ3n) is 3.06. The van der Waals surface area contributed by atoms with Gasteiger partial charge in [0.2, 0.25) is 5.88 Å². The van der Waals surface area contributed by atoms with Crippen LogP contribution >= 0.6 is 15.9 Å². The van der Waals surface area contributed by atoms with Crippen molar-refractivity contribution in [2.45, 2.75) is 12.8 Å². The van der Waals surface area contributed by atoms with Gasteiger partial charge in [-0.25, -0.2) is 0 Å². The van der Waals surface area contributed by atoms with Crippen LogP contribution in [0, 0.1) is 0 Å². The molecule has 1 saturated heterocycles. The summed E-state index contributed by atoms with van der Waals surface area (Å²) in [6, 6.07) is 10.1. The molecule has 0 aliphatic carbocycles. The third-order valence-corrected chi connectivity index (χ3v) is 3.77. The van der Waals surface area contributed by atoms with Crippen molar-refractivity contribution in [3.05, 3.63) is 34.8 Å². The van der Waals surface area contributed by atoms with Crippen molar-refractivity contribution in [3.8, 4) is 11.3 Å². The molecule has 1 fully saturated rings. The van der Waals surface area contributed by atoms with Crippen molar-refractivity contribution < 1.29 is 4.52 Å². The Morgan fingerprint density at radius 1 is 1.12 bits per heavy atom. The average molecular weight is 293 g/mol. The molecule has 2 aromatic rings. The molecule has 1 aliphatic rings. The van der Waals surface area contributed by atoms with Crippen molar-refractivity contribution >= 4 is 21.8 Å². The minimum atomic E-state index is 0.862. The summed E-state index contributed by atoms with van der Waals surface area (Å²) in [6.45, 7) is 2.12. The van der Waals surface area contributed by atoms with E-state index in [2.05, 4.69) is 26.0 Å². The number of nitrogens with zero attached hydrogens (tertiary/aromatic N) is 2. The predicted molar refractivity (Wildman–Crippen MR) is 71.1 cm³/mol. The fourth-order valence-corrected chi connectivity index (χ4v) is 2.79. The molecule has 0 saturated carbocycles. The smallest absolute Gasteiger partial charge is 0.242 e. The number of aromatic nitrogens is 1. The van der Waals surface area contributed by atoms with Crippen LogP contribution in [0.1, 0.15) is 12.8 Å². The highest BCUT2D eigenvalue weighted by atomic mass is 79.9. The van der Waals surface area contributed by atoms with Gasteiger partial charge in [-0.2, -0.15) is 0 Å². The van der Waals surface area contributed by atoms with E-state index >= 15 is 0 Å². The lowest BCUT2D eigenvalue weighted by Crippen LogP contribution is -2.17. The molecule has 0 amide bonds. The van der Waals surface area contributed by atoms with Gasteiger partial charge in [0, 0.05) is 18.7 Å². The second kappa shape index (κ2) is 4.53. The van der Waals surface area contributed by atoms with Crippen LogP contribution in [0.2, 0.25) is 0 Å². The molecule has 3 nitrogen and oxygen atoms in total. The van der Waals surface area contributed by atoms with E-state index in [-0.39, 0.29) is 0 Å².